The molecule has 2 aromatic rings. The number of benzene rings is 2. The van der Waals surface area contributed by atoms with Crippen LogP contribution < -0.4 is 20.9 Å². The van der Waals surface area contributed by atoms with Crippen LogP contribution in [0.2, 0.25) is 0 Å². The van der Waals surface area contributed by atoms with Crippen LogP contribution in [0.25, 0.3) is 11.1 Å². The maximum atomic E-state index is 5.96. The fraction of sp³-hybridized carbons (Fsp3) is 0.0769. The Hall–Kier alpha value is -2.36. The molecule has 2 aromatic carbocycles. The predicted molar refractivity (Wildman–Crippen MR) is 66.8 cm³/mol. The van der Waals surface area contributed by atoms with E-state index in [2.05, 4.69) is 0 Å². The Morgan fingerprint density at radius 2 is 1.76 bits per heavy atom. The summed E-state index contributed by atoms with van der Waals surface area (Å²) in [7, 11) is 0. The van der Waals surface area contributed by atoms with Crippen LogP contribution in [0.4, 0.5) is 11.4 Å². The molecule has 1 aliphatic rings. The molecule has 3 rings (SSSR count). The number of fused-ring (bicyclic) bond motifs is 1. The van der Waals surface area contributed by atoms with Gasteiger partial charge in [-0.1, -0.05) is 18.2 Å². The van der Waals surface area contributed by atoms with Gasteiger partial charge in [-0.25, -0.2) is 0 Å². The zero-order chi connectivity index (χ0) is 11.8. The van der Waals surface area contributed by atoms with Gasteiger partial charge in [-0.15, -0.1) is 0 Å². The van der Waals surface area contributed by atoms with Gasteiger partial charge in [0.05, 0.1) is 11.4 Å². The van der Waals surface area contributed by atoms with Gasteiger partial charge in [0.2, 0.25) is 6.79 Å². The van der Waals surface area contributed by atoms with Gasteiger partial charge in [-0.2, -0.15) is 0 Å². The third-order valence-electron chi connectivity index (χ3n) is 2.82. The van der Waals surface area contributed by atoms with Crippen LogP contribution in [0.3, 0.4) is 0 Å². The first-order valence-corrected chi connectivity index (χ1v) is 5.29. The summed E-state index contributed by atoms with van der Waals surface area (Å²) in [4.78, 5) is 0. The van der Waals surface area contributed by atoms with E-state index in [0.29, 0.717) is 11.4 Å². The highest BCUT2D eigenvalue weighted by Crippen LogP contribution is 2.38. The third-order valence-corrected chi connectivity index (χ3v) is 2.82. The first kappa shape index (κ1) is 9.84. The molecule has 0 unspecified atom stereocenters. The van der Waals surface area contributed by atoms with Crippen molar-refractivity contribution in [3.8, 4) is 22.6 Å². The van der Waals surface area contributed by atoms with E-state index in [9.17, 15) is 0 Å². The number of ether oxygens (including phenoxy) is 2. The summed E-state index contributed by atoms with van der Waals surface area (Å²) in [5, 5.41) is 0. The zero-order valence-electron chi connectivity index (χ0n) is 9.14. The molecule has 1 aliphatic heterocycles. The monoisotopic (exact) mass is 228 g/mol. The second kappa shape index (κ2) is 3.59. The zero-order valence-corrected chi connectivity index (χ0v) is 9.14. The SMILES string of the molecule is Nc1cccc(-c2ccc3c(c2)OCO3)c1N. The molecule has 4 N–H and O–H groups in total. The molecule has 0 radical (unpaired) electrons. The van der Waals surface area contributed by atoms with Gasteiger partial charge in [0.25, 0.3) is 0 Å². The smallest absolute Gasteiger partial charge is 0.231 e. The summed E-state index contributed by atoms with van der Waals surface area (Å²) >= 11 is 0. The van der Waals surface area contributed by atoms with Gasteiger partial charge >= 0.3 is 0 Å². The van der Waals surface area contributed by atoms with Gasteiger partial charge in [-0.05, 0) is 23.8 Å². The first-order chi connectivity index (χ1) is 8.25. The summed E-state index contributed by atoms with van der Waals surface area (Å²) in [6.45, 7) is 0.269. The molecule has 4 nitrogen and oxygen atoms in total. The third kappa shape index (κ3) is 1.54. The van der Waals surface area contributed by atoms with Crippen molar-refractivity contribution < 1.29 is 9.47 Å². The van der Waals surface area contributed by atoms with E-state index in [1.165, 1.54) is 0 Å². The molecular weight excluding hydrogens is 216 g/mol. The van der Waals surface area contributed by atoms with Crippen LogP contribution in [0.1, 0.15) is 0 Å². The summed E-state index contributed by atoms with van der Waals surface area (Å²) in [6, 6.07) is 11.3. The first-order valence-electron chi connectivity index (χ1n) is 5.29. The molecule has 0 aromatic heterocycles. The normalized spacial score (nSPS) is 12.7. The molecule has 0 spiro atoms. The van der Waals surface area contributed by atoms with E-state index >= 15 is 0 Å². The molecule has 1 heterocycles. The number of nitrogens with two attached hydrogens (primary N) is 2. The highest BCUT2D eigenvalue weighted by Gasteiger charge is 2.14. The maximum absolute atomic E-state index is 5.96. The second-order valence-corrected chi connectivity index (χ2v) is 3.88. The van der Waals surface area contributed by atoms with E-state index in [1.807, 2.05) is 30.3 Å². The lowest BCUT2D eigenvalue weighted by atomic mass is 10.0. The minimum atomic E-state index is 0.269. The molecular formula is C13H12N2O2. The van der Waals surface area contributed by atoms with Crippen LogP contribution in [0.5, 0.6) is 11.5 Å². The molecule has 0 saturated carbocycles. The van der Waals surface area contributed by atoms with E-state index < -0.39 is 0 Å². The summed E-state index contributed by atoms with van der Waals surface area (Å²) < 4.78 is 10.6. The van der Waals surface area contributed by atoms with Crippen molar-refractivity contribution in [3.05, 3.63) is 36.4 Å². The van der Waals surface area contributed by atoms with Crippen LogP contribution >= 0.6 is 0 Å². The molecule has 0 fully saturated rings. The number of rotatable bonds is 1. The van der Waals surface area contributed by atoms with Gasteiger partial charge in [0.1, 0.15) is 0 Å². The van der Waals surface area contributed by atoms with Crippen molar-refractivity contribution >= 4 is 11.4 Å². The molecule has 0 saturated heterocycles. The molecule has 17 heavy (non-hydrogen) atoms. The Morgan fingerprint density at radius 3 is 2.65 bits per heavy atom. The lowest BCUT2D eigenvalue weighted by Gasteiger charge is -2.08. The summed E-state index contributed by atoms with van der Waals surface area (Å²) in [6.07, 6.45) is 0. The van der Waals surface area contributed by atoms with Crippen LogP contribution in [-0.2, 0) is 0 Å². The van der Waals surface area contributed by atoms with Gasteiger partial charge in [0.15, 0.2) is 11.5 Å². The standard InChI is InChI=1S/C13H12N2O2/c14-10-3-1-2-9(13(10)15)8-4-5-11-12(6-8)17-7-16-11/h1-6H,7,14-15H2. The van der Waals surface area contributed by atoms with Crippen molar-refractivity contribution in [2.24, 2.45) is 0 Å². The highest BCUT2D eigenvalue weighted by atomic mass is 16.7. The highest BCUT2D eigenvalue weighted by molar-refractivity contribution is 5.85. The van der Waals surface area contributed by atoms with Crippen molar-refractivity contribution in [3.63, 3.8) is 0 Å². The topological polar surface area (TPSA) is 70.5 Å². The molecule has 0 aliphatic carbocycles. The van der Waals surface area contributed by atoms with E-state index in [-0.39, 0.29) is 6.79 Å². The Bertz CT molecular complexity index is 582. The van der Waals surface area contributed by atoms with Crippen molar-refractivity contribution in [1.82, 2.24) is 0 Å². The Balaban J connectivity index is 2.13. The van der Waals surface area contributed by atoms with Crippen molar-refractivity contribution in [2.45, 2.75) is 0 Å². The summed E-state index contributed by atoms with van der Waals surface area (Å²) in [5.41, 5.74) is 14.8. The minimum absolute atomic E-state index is 0.269. The average Bonchev–Trinajstić information content (AvgIpc) is 2.79. The number of nitrogen functional groups attached to an aromatic ring is 2. The number of para-hydroxylation sites is 1. The fourth-order valence-electron chi connectivity index (χ4n) is 1.90. The molecule has 0 atom stereocenters. The van der Waals surface area contributed by atoms with Gasteiger partial charge < -0.3 is 20.9 Å². The predicted octanol–water partition coefficient (Wildman–Crippen LogP) is 2.25. The number of hydrogen-bond donors (Lipinski definition) is 2. The Kier molecular flexibility index (Phi) is 2.08. The molecule has 0 bridgehead atoms. The van der Waals surface area contributed by atoms with Crippen molar-refractivity contribution in [1.29, 1.82) is 0 Å². The maximum Gasteiger partial charge on any atom is 0.231 e. The lowest BCUT2D eigenvalue weighted by Crippen LogP contribution is -1.96. The quantitative estimate of drug-likeness (QED) is 0.734. The van der Waals surface area contributed by atoms with Crippen LogP contribution in [0.15, 0.2) is 36.4 Å². The molecule has 86 valence electrons. The van der Waals surface area contributed by atoms with Gasteiger partial charge in [0, 0.05) is 5.56 Å². The van der Waals surface area contributed by atoms with Gasteiger partial charge in [-0.3, -0.25) is 0 Å². The van der Waals surface area contributed by atoms with E-state index in [0.717, 1.165) is 22.6 Å². The van der Waals surface area contributed by atoms with Crippen molar-refractivity contribution in [2.75, 3.05) is 18.3 Å². The Labute approximate surface area is 98.8 Å². The lowest BCUT2D eigenvalue weighted by molar-refractivity contribution is 0.174. The fourth-order valence-corrected chi connectivity index (χ4v) is 1.90. The summed E-state index contributed by atoms with van der Waals surface area (Å²) in [5.74, 6) is 1.50. The van der Waals surface area contributed by atoms with Crippen LogP contribution in [-0.4, -0.2) is 6.79 Å². The van der Waals surface area contributed by atoms with E-state index in [1.54, 1.807) is 6.07 Å². The van der Waals surface area contributed by atoms with E-state index in [4.69, 9.17) is 20.9 Å². The molecule has 4 heteroatoms. The number of hydrogen-bond acceptors (Lipinski definition) is 4. The largest absolute Gasteiger partial charge is 0.454 e. The number of anilines is 2. The van der Waals surface area contributed by atoms with Crippen LogP contribution in [0, 0.1) is 0 Å². The second-order valence-electron chi connectivity index (χ2n) is 3.88. The molecule has 0 amide bonds. The Morgan fingerprint density at radius 1 is 0.941 bits per heavy atom. The average molecular weight is 228 g/mol. The minimum Gasteiger partial charge on any atom is -0.454 e.